The fourth-order valence-electron chi connectivity index (χ4n) is 5.12. The Kier molecular flexibility index (Phi) is 3.20. The first-order chi connectivity index (χ1) is 9.71. The van der Waals surface area contributed by atoms with Gasteiger partial charge in [-0.25, -0.2) is 0 Å². The van der Waals surface area contributed by atoms with Crippen molar-refractivity contribution in [3.63, 3.8) is 0 Å². The first-order valence-corrected chi connectivity index (χ1v) is 9.25. The van der Waals surface area contributed by atoms with Gasteiger partial charge in [-0.3, -0.25) is 0 Å². The van der Waals surface area contributed by atoms with Crippen LogP contribution >= 0.6 is 8.03 Å². The van der Waals surface area contributed by atoms with Crippen molar-refractivity contribution in [3.8, 4) is 0 Å². The Hall–Kier alpha value is -0.720. The van der Waals surface area contributed by atoms with Gasteiger partial charge in [-0.05, 0) is 60.8 Å². The van der Waals surface area contributed by atoms with Gasteiger partial charge >= 0.3 is 8.03 Å². The molecule has 3 heteroatoms. The van der Waals surface area contributed by atoms with Crippen molar-refractivity contribution < 1.29 is 9.09 Å². The molecule has 106 valence electrons. The highest BCUT2D eigenvalue weighted by atomic mass is 31.1. The maximum atomic E-state index is 12.4. The van der Waals surface area contributed by atoms with Crippen LogP contribution in [0.5, 0.6) is 0 Å². The van der Waals surface area contributed by atoms with Gasteiger partial charge in [-0.2, -0.15) is 0 Å². The molecule has 5 rings (SSSR count). The van der Waals surface area contributed by atoms with Crippen molar-refractivity contribution >= 4 is 8.03 Å². The van der Waals surface area contributed by atoms with E-state index in [0.29, 0.717) is 6.16 Å². The summed E-state index contributed by atoms with van der Waals surface area (Å²) in [7, 11) is -1.57. The third-order valence-electron chi connectivity index (χ3n) is 5.43. The largest absolute Gasteiger partial charge is 0.513 e. The average molecular weight is 289 g/mol. The quantitative estimate of drug-likeness (QED) is 0.736. The minimum absolute atomic E-state index is 0.0308. The monoisotopic (exact) mass is 289 g/mol. The fraction of sp³-hybridized carbons (Fsp3) is 0.647. The summed E-state index contributed by atoms with van der Waals surface area (Å²) in [5.74, 6) is 2.55. The zero-order chi connectivity index (χ0) is 13.6. The van der Waals surface area contributed by atoms with Gasteiger partial charge in [0.1, 0.15) is 5.60 Å². The normalized spacial score (nSPS) is 39.0. The molecule has 0 aromatic heterocycles. The molecule has 4 bridgehead atoms. The zero-order valence-electron chi connectivity index (χ0n) is 11.8. The van der Waals surface area contributed by atoms with Crippen LogP contribution in [0.4, 0.5) is 0 Å². The second kappa shape index (κ2) is 4.93. The van der Waals surface area contributed by atoms with Crippen molar-refractivity contribution in [3.05, 3.63) is 35.9 Å². The van der Waals surface area contributed by atoms with Crippen molar-refractivity contribution in [1.82, 2.24) is 0 Å². The average Bonchev–Trinajstić information content (AvgIpc) is 2.37. The van der Waals surface area contributed by atoms with Gasteiger partial charge in [0.15, 0.2) is 0 Å². The molecule has 0 saturated heterocycles. The lowest BCUT2D eigenvalue weighted by molar-refractivity contribution is -0.104. The summed E-state index contributed by atoms with van der Waals surface area (Å²) in [5.41, 5.74) is 1.09. The highest BCUT2D eigenvalue weighted by Gasteiger charge is 2.55. The van der Waals surface area contributed by atoms with Gasteiger partial charge in [-0.1, -0.05) is 30.3 Å². The second-order valence-electron chi connectivity index (χ2n) is 7.17. The third-order valence-corrected chi connectivity index (χ3v) is 6.65. The summed E-state index contributed by atoms with van der Waals surface area (Å²) in [4.78, 5) is 0. The molecular weight excluding hydrogens is 267 g/mol. The minimum Gasteiger partial charge on any atom is -0.139 e. The molecule has 1 aromatic carbocycles. The van der Waals surface area contributed by atoms with Crippen LogP contribution in [0.15, 0.2) is 30.3 Å². The van der Waals surface area contributed by atoms with E-state index in [4.69, 9.17) is 4.52 Å². The van der Waals surface area contributed by atoms with Crippen LogP contribution in [-0.2, 0) is 15.3 Å². The van der Waals surface area contributed by atoms with E-state index >= 15 is 0 Å². The number of rotatable bonds is 4. The molecule has 1 aromatic rings. The standard InChI is InChI=1S/C17H22O2P/c18-20(12-13-4-2-1-3-5-13)19-17-9-14-6-15(10-17)8-16(7-14)11-17/h1-5,14-16H,6-12H2/q+1. The van der Waals surface area contributed by atoms with E-state index in [1.165, 1.54) is 19.3 Å². The van der Waals surface area contributed by atoms with Crippen LogP contribution in [0.1, 0.15) is 44.1 Å². The first kappa shape index (κ1) is 13.0. The highest BCUT2D eigenvalue weighted by Crippen LogP contribution is 2.59. The Bertz CT molecular complexity index is 476. The maximum Gasteiger partial charge on any atom is 0.513 e. The molecule has 1 atom stereocenters. The lowest BCUT2D eigenvalue weighted by Crippen LogP contribution is -2.51. The van der Waals surface area contributed by atoms with E-state index in [2.05, 4.69) is 0 Å². The SMILES string of the molecule is O=[P+](Cc1ccccc1)OC12CC3CC(CC(C3)C1)C2. The van der Waals surface area contributed by atoms with E-state index in [1.54, 1.807) is 0 Å². The van der Waals surface area contributed by atoms with E-state index in [9.17, 15) is 4.57 Å². The smallest absolute Gasteiger partial charge is 0.139 e. The molecule has 4 aliphatic rings. The van der Waals surface area contributed by atoms with Crippen LogP contribution in [0.25, 0.3) is 0 Å². The van der Waals surface area contributed by atoms with Gasteiger partial charge in [-0.15, -0.1) is 4.52 Å². The summed E-state index contributed by atoms with van der Waals surface area (Å²) >= 11 is 0. The van der Waals surface area contributed by atoms with Crippen molar-refractivity contribution in [2.24, 2.45) is 17.8 Å². The van der Waals surface area contributed by atoms with E-state index in [1.807, 2.05) is 30.3 Å². The fourth-order valence-corrected chi connectivity index (χ4v) is 6.35. The van der Waals surface area contributed by atoms with E-state index in [0.717, 1.165) is 42.6 Å². The Balaban J connectivity index is 1.45. The summed E-state index contributed by atoms with van der Waals surface area (Å²) in [5, 5.41) is 0. The molecule has 0 aliphatic heterocycles. The Morgan fingerprint density at radius 1 is 1.00 bits per heavy atom. The van der Waals surface area contributed by atoms with Gasteiger partial charge in [0, 0.05) is 5.56 Å². The maximum absolute atomic E-state index is 12.4. The summed E-state index contributed by atoms with van der Waals surface area (Å²) in [6, 6.07) is 10.1. The molecule has 0 radical (unpaired) electrons. The van der Waals surface area contributed by atoms with Crippen LogP contribution in [0.3, 0.4) is 0 Å². The lowest BCUT2D eigenvalue weighted by atomic mass is 9.54. The van der Waals surface area contributed by atoms with Crippen molar-refractivity contribution in [2.75, 3.05) is 0 Å². The van der Waals surface area contributed by atoms with Gasteiger partial charge in [0.2, 0.25) is 6.16 Å². The minimum atomic E-state index is -1.57. The molecule has 0 amide bonds. The summed E-state index contributed by atoms with van der Waals surface area (Å²) < 4.78 is 18.6. The predicted molar refractivity (Wildman–Crippen MR) is 79.7 cm³/mol. The van der Waals surface area contributed by atoms with Crippen LogP contribution < -0.4 is 0 Å². The molecule has 2 nitrogen and oxygen atoms in total. The van der Waals surface area contributed by atoms with Crippen LogP contribution in [-0.4, -0.2) is 5.60 Å². The Morgan fingerprint density at radius 2 is 1.55 bits per heavy atom. The molecule has 4 aliphatic carbocycles. The molecule has 0 heterocycles. The number of hydrogen-bond acceptors (Lipinski definition) is 2. The predicted octanol–water partition coefficient (Wildman–Crippen LogP) is 4.91. The van der Waals surface area contributed by atoms with Gasteiger partial charge in [0.05, 0.1) is 0 Å². The first-order valence-electron chi connectivity index (χ1n) is 7.88. The van der Waals surface area contributed by atoms with Crippen LogP contribution in [0.2, 0.25) is 0 Å². The van der Waals surface area contributed by atoms with Crippen molar-refractivity contribution in [2.45, 2.75) is 50.3 Å². The zero-order valence-corrected chi connectivity index (χ0v) is 12.7. The molecule has 4 saturated carbocycles. The molecule has 20 heavy (non-hydrogen) atoms. The highest BCUT2D eigenvalue weighted by molar-refractivity contribution is 7.38. The summed E-state index contributed by atoms with van der Waals surface area (Å²) in [6.45, 7) is 0. The molecule has 0 spiro atoms. The second-order valence-corrected chi connectivity index (χ2v) is 8.33. The third kappa shape index (κ3) is 2.44. The van der Waals surface area contributed by atoms with Crippen molar-refractivity contribution in [1.29, 1.82) is 0 Å². The van der Waals surface area contributed by atoms with Gasteiger partial charge in [0.25, 0.3) is 0 Å². The summed E-state index contributed by atoms with van der Waals surface area (Å²) in [6.07, 6.45) is 8.25. The topological polar surface area (TPSA) is 26.3 Å². The lowest BCUT2D eigenvalue weighted by Gasteiger charge is -2.53. The van der Waals surface area contributed by atoms with E-state index in [-0.39, 0.29) is 5.60 Å². The number of hydrogen-bond donors (Lipinski definition) is 0. The molecular formula is C17H22O2P+. The molecule has 1 unspecified atom stereocenters. The molecule has 0 N–H and O–H groups in total. The Labute approximate surface area is 121 Å². The molecule has 4 fully saturated rings. The van der Waals surface area contributed by atoms with Gasteiger partial charge < -0.3 is 0 Å². The Morgan fingerprint density at radius 3 is 2.10 bits per heavy atom. The van der Waals surface area contributed by atoms with Crippen LogP contribution in [0, 0.1) is 17.8 Å². The number of benzene rings is 1. The van der Waals surface area contributed by atoms with E-state index < -0.39 is 8.03 Å².